The SMILES string of the molecule is CC(=O)CN(CCC(=O)O)C(=O)CN(CCC(=O)O)C(=O)CN(CCC(=O)O)C(=O)CN(CCC(=O)O)C(=O)CN(CCC(=O)O)C(=O)CNCCC(=O)O.CCNCC(=O)N(CC)CC(=O)N(CC)CC(=O)N(CC)CC(=O)N(CC)CC(=O)N(CC)CC(N)=O.CNCC(=O)N(C)CC(=O)N(C)CC(=O)N(C)CC(=O)N(C)CC(=O)N(C)CC(N)=O. The minimum atomic E-state index is -1.44. The molecule has 50 nitrogen and oxygen atoms in total. The largest absolute Gasteiger partial charge is 0.481 e. The van der Waals surface area contributed by atoms with Gasteiger partial charge >= 0.3 is 35.8 Å². The van der Waals surface area contributed by atoms with Crippen molar-refractivity contribution in [1.82, 2.24) is 89.4 Å². The van der Waals surface area contributed by atoms with Crippen LogP contribution in [0.5, 0.6) is 0 Å². The van der Waals surface area contributed by atoms with E-state index in [1.165, 1.54) is 69.5 Å². The molecule has 0 unspecified atom stereocenters. The van der Waals surface area contributed by atoms with Gasteiger partial charge in [-0.2, -0.15) is 0 Å². The van der Waals surface area contributed by atoms with E-state index >= 15 is 0 Å². The standard InChI is InChI=1S/C31H46N6O18.C24H45N7O6.C18H33N7O6/c1-20(38)15-33(9-3-27(46)47)22(40)17-35(11-5-29(50)51)24(42)19-37(13-7-31(54)55)25(43)18-36(12-6-30(52)53)23(41)16-34(10-4-28(48)49)21(39)14-32-8-2-26(44)45;1-7-26-13-20(33)28(9-3)15-22(35)30(11-5)17-24(37)31(12-6)18-23(36)29(10-4)16-21(34)27(8-2)14-19(25)32;1-20-7-14(27)22(3)9-16(29)24(5)11-18(31)25(6)12-17(30)23(4)10-15(28)21(2)8-13(19)26/h32H,2-19H2,1H3,(H,44,45)(H,46,47)(H,48,49)(H,50,51)(H,52,53)(H,54,55);26H,7-18H2,1-6H3,(H2,25,32);20H,7-12H2,1-6H3,(H2,19,26). The molecule has 0 saturated carbocycles. The minimum Gasteiger partial charge on any atom is -0.481 e. The molecule has 0 spiro atoms. The zero-order valence-electron chi connectivity index (χ0n) is 72.3. The van der Waals surface area contributed by atoms with E-state index in [-0.39, 0.29) is 135 Å². The summed E-state index contributed by atoms with van der Waals surface area (Å²) in [6.07, 6.45) is -3.80. The Hall–Kier alpha value is -12.6. The molecule has 0 aliphatic heterocycles. The summed E-state index contributed by atoms with van der Waals surface area (Å²) in [5.74, 6) is -19.1. The summed E-state index contributed by atoms with van der Waals surface area (Å²) >= 11 is 0. The molecule has 696 valence electrons. The topological polar surface area (TPSA) is 668 Å². The van der Waals surface area contributed by atoms with Gasteiger partial charge in [-0.05, 0) is 55.1 Å². The number of likely N-dealkylation sites (N-methyl/N-ethyl adjacent to an activating group) is 12. The van der Waals surface area contributed by atoms with Gasteiger partial charge < -0.3 is 132 Å². The van der Waals surface area contributed by atoms with E-state index in [1.807, 2.05) is 6.92 Å². The number of primary amides is 2. The lowest BCUT2D eigenvalue weighted by molar-refractivity contribution is -0.149. The predicted octanol–water partition coefficient (Wildman–Crippen LogP) is -9.54. The number of rotatable bonds is 60. The smallest absolute Gasteiger partial charge is 0.305 e. The number of ketones is 1. The molecular weight excluding hydrogens is 1640 g/mol. The van der Waals surface area contributed by atoms with E-state index in [9.17, 15) is 130 Å². The fourth-order valence-electron chi connectivity index (χ4n) is 10.2. The average molecular weight is 1760 g/mol. The highest BCUT2D eigenvalue weighted by atomic mass is 16.4. The molecule has 13 N–H and O–H groups in total. The second-order valence-corrected chi connectivity index (χ2v) is 27.3. The molecule has 0 aliphatic rings. The molecule has 0 rings (SSSR count). The van der Waals surface area contributed by atoms with Crippen LogP contribution in [0.2, 0.25) is 0 Å². The van der Waals surface area contributed by atoms with Crippen molar-refractivity contribution < 1.29 is 146 Å². The molecule has 0 fully saturated rings. The van der Waals surface area contributed by atoms with Gasteiger partial charge in [0.05, 0.1) is 156 Å². The van der Waals surface area contributed by atoms with Crippen LogP contribution in [0.1, 0.15) is 87.0 Å². The Morgan fingerprint density at radius 3 is 0.699 bits per heavy atom. The molecule has 0 atom stereocenters. The van der Waals surface area contributed by atoms with E-state index in [0.29, 0.717) is 27.8 Å². The first-order chi connectivity index (χ1) is 57.4. The van der Waals surface area contributed by atoms with E-state index in [2.05, 4.69) is 16.0 Å². The molecule has 0 aromatic heterocycles. The van der Waals surface area contributed by atoms with Gasteiger partial charge in [0, 0.05) is 107 Å². The van der Waals surface area contributed by atoms with E-state index in [1.54, 1.807) is 41.7 Å². The number of carbonyl (C=O) groups excluding carboxylic acids is 18. The van der Waals surface area contributed by atoms with Crippen LogP contribution < -0.4 is 27.4 Å². The molecule has 0 saturated heterocycles. The molecule has 0 radical (unpaired) electrons. The molecule has 17 amide bonds. The van der Waals surface area contributed by atoms with Crippen molar-refractivity contribution in [2.45, 2.75) is 87.0 Å². The lowest BCUT2D eigenvalue weighted by atomic mass is 10.2. The number of carbonyl (C=O) groups is 24. The van der Waals surface area contributed by atoms with Gasteiger partial charge in [-0.1, -0.05) is 6.92 Å². The molecule has 50 heteroatoms. The normalized spacial score (nSPS) is 10.3. The van der Waals surface area contributed by atoms with Gasteiger partial charge in [0.15, 0.2) is 0 Å². The van der Waals surface area contributed by atoms with Gasteiger partial charge in [0.25, 0.3) is 0 Å². The number of amides is 17. The van der Waals surface area contributed by atoms with Crippen LogP contribution in [0.3, 0.4) is 0 Å². The van der Waals surface area contributed by atoms with Crippen LogP contribution in [-0.2, 0) is 115 Å². The molecule has 123 heavy (non-hydrogen) atoms. The highest BCUT2D eigenvalue weighted by Gasteiger charge is 2.33. The zero-order valence-corrected chi connectivity index (χ0v) is 72.3. The lowest BCUT2D eigenvalue weighted by Crippen LogP contribution is -2.52. The van der Waals surface area contributed by atoms with Crippen LogP contribution in [-0.4, -0.2) is 485 Å². The third-order valence-corrected chi connectivity index (χ3v) is 17.4. The number of carboxylic acid groups (broad SMARTS) is 6. The van der Waals surface area contributed by atoms with Gasteiger partial charge in [-0.3, -0.25) is 115 Å². The van der Waals surface area contributed by atoms with Gasteiger partial charge in [-0.15, -0.1) is 0 Å². The Bertz CT molecular complexity index is 3640. The zero-order chi connectivity index (χ0) is 95.1. The first-order valence-corrected chi connectivity index (χ1v) is 38.8. The number of Topliss-reactive ketones (excluding diaryl/α,β-unsaturated/α-hetero) is 1. The number of aliphatic carboxylic acids is 6. The summed E-state index contributed by atoms with van der Waals surface area (Å²) in [6, 6.07) is 0. The summed E-state index contributed by atoms with van der Waals surface area (Å²) in [7, 11) is 8.70. The van der Waals surface area contributed by atoms with E-state index in [0.717, 1.165) is 31.4 Å². The maximum Gasteiger partial charge on any atom is 0.305 e. The highest BCUT2D eigenvalue weighted by Crippen LogP contribution is 2.09. The monoisotopic (exact) mass is 1760 g/mol. The molecule has 0 bridgehead atoms. The van der Waals surface area contributed by atoms with Crippen molar-refractivity contribution in [2.75, 3.05) is 239 Å². The summed E-state index contributed by atoms with van der Waals surface area (Å²) in [5.41, 5.74) is 10.2. The first kappa shape index (κ1) is 115. The first-order valence-electron chi connectivity index (χ1n) is 38.8. The number of hydrogen-bond donors (Lipinski definition) is 11. The van der Waals surface area contributed by atoms with Crippen molar-refractivity contribution in [3.8, 4) is 0 Å². The number of carboxylic acids is 6. The van der Waals surface area contributed by atoms with Crippen molar-refractivity contribution in [3.63, 3.8) is 0 Å². The fourth-order valence-corrected chi connectivity index (χ4v) is 10.2. The lowest BCUT2D eigenvalue weighted by Gasteiger charge is -2.31. The summed E-state index contributed by atoms with van der Waals surface area (Å²) < 4.78 is 0. The fraction of sp³-hybridized carbons (Fsp3) is 0.671. The van der Waals surface area contributed by atoms with Crippen LogP contribution in [0.15, 0.2) is 0 Å². The quantitative estimate of drug-likeness (QED) is 0.0252. The molecule has 0 aromatic rings. The molecular formula is C73H124N20O30. The van der Waals surface area contributed by atoms with Crippen molar-refractivity contribution in [2.24, 2.45) is 11.5 Å². The van der Waals surface area contributed by atoms with Crippen LogP contribution >= 0.6 is 0 Å². The maximum absolute atomic E-state index is 13.5. The van der Waals surface area contributed by atoms with Crippen molar-refractivity contribution >= 4 is 142 Å². The maximum atomic E-state index is 13.5. The van der Waals surface area contributed by atoms with E-state index in [4.69, 9.17) is 26.8 Å². The van der Waals surface area contributed by atoms with Crippen molar-refractivity contribution in [3.05, 3.63) is 0 Å². The average Bonchev–Trinajstić information content (AvgIpc) is 0.864. The third kappa shape index (κ3) is 51.6. The highest BCUT2D eigenvalue weighted by molar-refractivity contribution is 5.96. The summed E-state index contributed by atoms with van der Waals surface area (Å²) in [5, 5.41) is 62.8. The second kappa shape index (κ2) is 62.5. The Morgan fingerprint density at radius 2 is 0.455 bits per heavy atom. The van der Waals surface area contributed by atoms with Crippen LogP contribution in [0.25, 0.3) is 0 Å². The molecule has 0 heterocycles. The Morgan fingerprint density at radius 1 is 0.244 bits per heavy atom. The number of nitrogens with zero attached hydrogens (tertiary/aromatic N) is 15. The third-order valence-electron chi connectivity index (χ3n) is 17.4. The summed E-state index contributed by atoms with van der Waals surface area (Å²) in [4.78, 5) is 307. The minimum absolute atomic E-state index is 0.0889. The second-order valence-electron chi connectivity index (χ2n) is 27.3. The molecule has 0 aliphatic carbocycles. The number of hydrogen-bond acceptors (Lipinski definition) is 27. The Balaban J connectivity index is -0.00000185. The summed E-state index contributed by atoms with van der Waals surface area (Å²) in [6.45, 7) is 3.52. The molecule has 0 aromatic carbocycles. The Kier molecular flexibility index (Phi) is 58.2. The van der Waals surface area contributed by atoms with Crippen molar-refractivity contribution in [1.29, 1.82) is 0 Å². The number of nitrogens with one attached hydrogen (secondary N) is 3. The van der Waals surface area contributed by atoms with E-state index < -0.39 is 228 Å². The van der Waals surface area contributed by atoms with Crippen LogP contribution in [0.4, 0.5) is 0 Å². The van der Waals surface area contributed by atoms with Crippen LogP contribution in [0, 0.1) is 0 Å². The predicted molar refractivity (Wildman–Crippen MR) is 430 cm³/mol. The number of nitrogens with two attached hydrogens (primary N) is 2. The Labute approximate surface area is 711 Å². The van der Waals surface area contributed by atoms with Gasteiger partial charge in [-0.25, -0.2) is 0 Å². The van der Waals surface area contributed by atoms with Gasteiger partial charge in [0.2, 0.25) is 100 Å². The van der Waals surface area contributed by atoms with Gasteiger partial charge in [0.1, 0.15) is 5.78 Å².